The third-order valence-electron chi connectivity index (χ3n) is 2.87. The van der Waals surface area contributed by atoms with Crippen LogP contribution in [0.25, 0.3) is 5.52 Å². The zero-order valence-electron chi connectivity index (χ0n) is 10.6. The molecule has 2 N–H and O–H groups in total. The normalized spacial score (nSPS) is 10.5. The van der Waals surface area contributed by atoms with Crippen LogP contribution >= 0.6 is 0 Å². The van der Waals surface area contributed by atoms with Crippen molar-refractivity contribution in [3.8, 4) is 0 Å². The van der Waals surface area contributed by atoms with Crippen molar-refractivity contribution in [3.05, 3.63) is 54.4 Å². The summed E-state index contributed by atoms with van der Waals surface area (Å²) in [5, 5.41) is 15.6. The second kappa shape index (κ2) is 5.00. The first-order valence-electron chi connectivity index (χ1n) is 5.93. The molecule has 0 aliphatic heterocycles. The van der Waals surface area contributed by atoms with Gasteiger partial charge in [0.25, 0.3) is 5.91 Å². The molecule has 3 heterocycles. The lowest BCUT2D eigenvalue weighted by atomic mass is 10.2. The average molecular weight is 283 g/mol. The minimum atomic E-state index is -1.14. The molecule has 0 aliphatic rings. The van der Waals surface area contributed by atoms with Gasteiger partial charge in [-0.1, -0.05) is 0 Å². The fraction of sp³-hybridized carbons (Fsp3) is 0. The summed E-state index contributed by atoms with van der Waals surface area (Å²) in [6.07, 6.45) is 8.68. The number of pyridine rings is 1. The molecule has 0 aromatic carbocycles. The van der Waals surface area contributed by atoms with Crippen molar-refractivity contribution in [2.75, 3.05) is 5.32 Å². The quantitative estimate of drug-likeness (QED) is 0.744. The maximum absolute atomic E-state index is 12.3. The molecule has 1 amide bonds. The van der Waals surface area contributed by atoms with Gasteiger partial charge in [0, 0.05) is 18.6 Å². The Hall–Kier alpha value is -3.29. The summed E-state index contributed by atoms with van der Waals surface area (Å²) in [7, 11) is 0. The lowest BCUT2D eigenvalue weighted by Crippen LogP contribution is -2.15. The topological polar surface area (TPSA) is 109 Å². The summed E-state index contributed by atoms with van der Waals surface area (Å²) in [4.78, 5) is 31.1. The molecule has 0 saturated heterocycles. The van der Waals surface area contributed by atoms with E-state index in [4.69, 9.17) is 5.11 Å². The molecule has 0 atom stereocenters. The van der Waals surface area contributed by atoms with Gasteiger partial charge >= 0.3 is 5.97 Å². The van der Waals surface area contributed by atoms with Crippen LogP contribution in [0.5, 0.6) is 0 Å². The van der Waals surface area contributed by atoms with Crippen LogP contribution in [-0.2, 0) is 0 Å². The molecule has 0 bridgehead atoms. The highest BCUT2D eigenvalue weighted by molar-refractivity contribution is 6.10. The van der Waals surface area contributed by atoms with E-state index in [-0.39, 0.29) is 11.3 Å². The molecule has 0 spiro atoms. The molecule has 0 fully saturated rings. The lowest BCUT2D eigenvalue weighted by Gasteiger charge is -2.06. The van der Waals surface area contributed by atoms with E-state index in [0.29, 0.717) is 11.1 Å². The smallest absolute Gasteiger partial charge is 0.337 e. The fourth-order valence-electron chi connectivity index (χ4n) is 1.88. The second-order valence-corrected chi connectivity index (χ2v) is 4.14. The molecule has 3 aromatic heterocycles. The van der Waals surface area contributed by atoms with Crippen molar-refractivity contribution in [3.63, 3.8) is 0 Å². The highest BCUT2D eigenvalue weighted by atomic mass is 16.4. The number of fused-ring (bicyclic) bond motifs is 1. The van der Waals surface area contributed by atoms with Gasteiger partial charge in [-0.3, -0.25) is 14.8 Å². The largest absolute Gasteiger partial charge is 0.478 e. The molecule has 3 rings (SSSR count). The number of anilines is 1. The zero-order valence-corrected chi connectivity index (χ0v) is 10.6. The van der Waals surface area contributed by atoms with Crippen molar-refractivity contribution in [1.29, 1.82) is 0 Å². The van der Waals surface area contributed by atoms with Gasteiger partial charge in [0.15, 0.2) is 0 Å². The Labute approximate surface area is 118 Å². The van der Waals surface area contributed by atoms with Crippen LogP contribution in [-0.4, -0.2) is 36.6 Å². The van der Waals surface area contributed by atoms with Gasteiger partial charge in [0.05, 0.1) is 40.9 Å². The van der Waals surface area contributed by atoms with Crippen LogP contribution in [0.3, 0.4) is 0 Å². The summed E-state index contributed by atoms with van der Waals surface area (Å²) < 4.78 is 1.50. The standard InChI is InChI=1S/C13H9N5O3/c19-12(9-5-16-18-4-3-15-7-11(9)18)17-10-6-14-2-1-8(10)13(20)21/h1-7H,(H,17,19)(H,20,21). The van der Waals surface area contributed by atoms with Gasteiger partial charge in [0.1, 0.15) is 0 Å². The van der Waals surface area contributed by atoms with Crippen molar-refractivity contribution < 1.29 is 14.7 Å². The van der Waals surface area contributed by atoms with Crippen molar-refractivity contribution in [2.24, 2.45) is 0 Å². The first kappa shape index (κ1) is 12.7. The molecule has 3 aromatic rings. The van der Waals surface area contributed by atoms with Crippen molar-refractivity contribution >= 4 is 23.1 Å². The number of aromatic carboxylic acids is 1. The molecule has 8 heteroatoms. The van der Waals surface area contributed by atoms with Gasteiger partial charge in [-0.25, -0.2) is 9.31 Å². The Morgan fingerprint density at radius 1 is 1.10 bits per heavy atom. The van der Waals surface area contributed by atoms with Gasteiger partial charge < -0.3 is 10.4 Å². The Kier molecular flexibility index (Phi) is 3.03. The predicted octanol–water partition coefficient (Wildman–Crippen LogP) is 1.07. The van der Waals surface area contributed by atoms with Crippen LogP contribution in [0.2, 0.25) is 0 Å². The van der Waals surface area contributed by atoms with E-state index in [1.54, 1.807) is 12.4 Å². The van der Waals surface area contributed by atoms with E-state index in [1.807, 2.05) is 0 Å². The number of carboxylic acids is 1. The first-order valence-corrected chi connectivity index (χ1v) is 5.93. The summed E-state index contributed by atoms with van der Waals surface area (Å²) in [5.41, 5.74) is 0.908. The highest BCUT2D eigenvalue weighted by Crippen LogP contribution is 2.16. The van der Waals surface area contributed by atoms with Gasteiger partial charge in [0.2, 0.25) is 0 Å². The van der Waals surface area contributed by atoms with Crippen molar-refractivity contribution in [2.45, 2.75) is 0 Å². The maximum Gasteiger partial charge on any atom is 0.337 e. The molecule has 8 nitrogen and oxygen atoms in total. The maximum atomic E-state index is 12.3. The molecule has 0 saturated carbocycles. The molecule has 0 radical (unpaired) electrons. The molecule has 0 aliphatic carbocycles. The number of rotatable bonds is 3. The van der Waals surface area contributed by atoms with Crippen LogP contribution in [0.4, 0.5) is 5.69 Å². The SMILES string of the molecule is O=C(O)c1ccncc1NC(=O)c1cnn2ccncc12. The lowest BCUT2D eigenvalue weighted by molar-refractivity contribution is 0.0698. The number of nitrogens with zero attached hydrogens (tertiary/aromatic N) is 4. The van der Waals surface area contributed by atoms with Crippen LogP contribution in [0.15, 0.2) is 43.2 Å². The minimum Gasteiger partial charge on any atom is -0.478 e. The van der Waals surface area contributed by atoms with Crippen molar-refractivity contribution in [1.82, 2.24) is 19.6 Å². The first-order chi connectivity index (χ1) is 10.2. The fourth-order valence-corrected chi connectivity index (χ4v) is 1.88. The summed E-state index contributed by atoms with van der Waals surface area (Å²) in [6, 6.07) is 1.32. The minimum absolute atomic E-state index is 0.0343. The Bertz CT molecular complexity index is 842. The van der Waals surface area contributed by atoms with E-state index in [0.717, 1.165) is 0 Å². The van der Waals surface area contributed by atoms with Crippen LogP contribution < -0.4 is 5.32 Å². The Balaban J connectivity index is 1.96. The monoisotopic (exact) mass is 283 g/mol. The van der Waals surface area contributed by atoms with Gasteiger partial charge in [-0.15, -0.1) is 0 Å². The number of carbonyl (C=O) groups excluding carboxylic acids is 1. The number of carboxylic acid groups (broad SMARTS) is 1. The molecule has 21 heavy (non-hydrogen) atoms. The van der Waals surface area contributed by atoms with E-state index < -0.39 is 11.9 Å². The van der Waals surface area contributed by atoms with E-state index >= 15 is 0 Å². The molecule has 0 unspecified atom stereocenters. The van der Waals surface area contributed by atoms with Crippen LogP contribution in [0, 0.1) is 0 Å². The number of nitrogens with one attached hydrogen (secondary N) is 1. The van der Waals surface area contributed by atoms with Gasteiger partial charge in [-0.05, 0) is 6.07 Å². The van der Waals surface area contributed by atoms with E-state index in [2.05, 4.69) is 20.4 Å². The average Bonchev–Trinajstić information content (AvgIpc) is 2.91. The molecular formula is C13H9N5O3. The number of carbonyl (C=O) groups is 2. The second-order valence-electron chi connectivity index (χ2n) is 4.14. The number of amides is 1. The third kappa shape index (κ3) is 2.29. The summed E-state index contributed by atoms with van der Waals surface area (Å²) in [6.45, 7) is 0. The number of aromatic nitrogens is 4. The Morgan fingerprint density at radius 2 is 1.90 bits per heavy atom. The summed E-state index contributed by atoms with van der Waals surface area (Å²) >= 11 is 0. The molecule has 104 valence electrons. The van der Waals surface area contributed by atoms with Crippen LogP contribution in [0.1, 0.15) is 20.7 Å². The highest BCUT2D eigenvalue weighted by Gasteiger charge is 2.16. The Morgan fingerprint density at radius 3 is 2.71 bits per heavy atom. The predicted molar refractivity (Wildman–Crippen MR) is 72.1 cm³/mol. The van der Waals surface area contributed by atoms with E-state index in [9.17, 15) is 9.59 Å². The van der Waals surface area contributed by atoms with E-state index in [1.165, 1.54) is 35.4 Å². The molecular weight excluding hydrogens is 274 g/mol. The number of hydrogen-bond acceptors (Lipinski definition) is 5. The number of hydrogen-bond donors (Lipinski definition) is 2. The summed E-state index contributed by atoms with van der Waals surface area (Å²) in [5.74, 6) is -1.62. The third-order valence-corrected chi connectivity index (χ3v) is 2.87. The van der Waals surface area contributed by atoms with Gasteiger partial charge in [-0.2, -0.15) is 5.10 Å². The zero-order chi connectivity index (χ0) is 14.8.